The van der Waals surface area contributed by atoms with Crippen LogP contribution in [0.2, 0.25) is 0 Å². The minimum Gasteiger partial charge on any atom is -0.467 e. The highest BCUT2D eigenvalue weighted by molar-refractivity contribution is 7.80. The molecule has 0 saturated heterocycles. The zero-order valence-electron chi connectivity index (χ0n) is 10.5. The van der Waals surface area contributed by atoms with Gasteiger partial charge in [-0.2, -0.15) is 0 Å². The zero-order valence-corrected chi connectivity index (χ0v) is 11.3. The summed E-state index contributed by atoms with van der Waals surface area (Å²) in [6.07, 6.45) is 1.62. The molecule has 2 rings (SSSR count). The summed E-state index contributed by atoms with van der Waals surface area (Å²) in [6.45, 7) is 2.50. The van der Waals surface area contributed by atoms with Crippen LogP contribution >= 0.6 is 12.2 Å². The normalized spacial score (nSPS) is 11.9. The van der Waals surface area contributed by atoms with Gasteiger partial charge in [0.05, 0.1) is 18.8 Å². The number of thiocarbonyl (C=S) groups is 1. The molecule has 2 N–H and O–H groups in total. The number of hydrogen-bond donors (Lipinski definition) is 2. The number of benzene rings is 1. The minimum atomic E-state index is -0.241. The van der Waals surface area contributed by atoms with Crippen molar-refractivity contribution in [1.82, 2.24) is 10.6 Å². The maximum absolute atomic E-state index is 12.8. The van der Waals surface area contributed by atoms with Crippen molar-refractivity contribution in [2.24, 2.45) is 0 Å². The number of nitrogens with one attached hydrogen (secondary N) is 2. The lowest BCUT2D eigenvalue weighted by Crippen LogP contribution is -2.36. The van der Waals surface area contributed by atoms with Crippen molar-refractivity contribution in [2.75, 3.05) is 0 Å². The van der Waals surface area contributed by atoms with Gasteiger partial charge in [0.15, 0.2) is 5.11 Å². The van der Waals surface area contributed by atoms with Crippen LogP contribution in [0.1, 0.15) is 24.3 Å². The Bertz CT molecular complexity index is 525. The molecule has 3 nitrogen and oxygen atoms in total. The van der Waals surface area contributed by atoms with Gasteiger partial charge in [-0.15, -0.1) is 0 Å². The van der Waals surface area contributed by atoms with E-state index in [1.807, 2.05) is 19.1 Å². The van der Waals surface area contributed by atoms with Crippen molar-refractivity contribution < 1.29 is 8.81 Å². The van der Waals surface area contributed by atoms with Gasteiger partial charge in [0.25, 0.3) is 0 Å². The third-order valence-corrected chi connectivity index (χ3v) is 2.98. The number of furan rings is 1. The molecule has 0 bridgehead atoms. The molecular formula is C14H15FN2OS. The quantitative estimate of drug-likeness (QED) is 0.843. The molecule has 0 aliphatic carbocycles. The standard InChI is InChI=1S/C14H15FN2OS/c1-10(11-4-6-12(15)7-5-11)17-14(19)16-9-13-3-2-8-18-13/h2-8,10H,9H2,1H3,(H2,16,17,19)/t10-/m0/s1. The summed E-state index contributed by atoms with van der Waals surface area (Å²) in [5, 5.41) is 6.72. The molecule has 1 aromatic heterocycles. The predicted octanol–water partition coefficient (Wildman–Crippen LogP) is 3.14. The van der Waals surface area contributed by atoms with Gasteiger partial charge in [0.2, 0.25) is 0 Å². The van der Waals surface area contributed by atoms with Crippen LogP contribution in [-0.2, 0) is 6.54 Å². The van der Waals surface area contributed by atoms with Crippen LogP contribution in [0.5, 0.6) is 0 Å². The summed E-state index contributed by atoms with van der Waals surface area (Å²) in [6, 6.07) is 10.1. The van der Waals surface area contributed by atoms with Crippen LogP contribution in [0, 0.1) is 5.82 Å². The minimum absolute atomic E-state index is 0.0113. The molecule has 1 heterocycles. The topological polar surface area (TPSA) is 37.2 Å². The Morgan fingerprint density at radius 2 is 2.05 bits per heavy atom. The van der Waals surface area contributed by atoms with Crippen molar-refractivity contribution in [3.8, 4) is 0 Å². The SMILES string of the molecule is C[C@H](NC(=S)NCc1ccco1)c1ccc(F)cc1. The maximum Gasteiger partial charge on any atom is 0.167 e. The van der Waals surface area contributed by atoms with E-state index in [-0.39, 0.29) is 11.9 Å². The summed E-state index contributed by atoms with van der Waals surface area (Å²) in [5.74, 6) is 0.577. The van der Waals surface area contributed by atoms with Crippen LogP contribution in [0.3, 0.4) is 0 Å². The fourth-order valence-electron chi connectivity index (χ4n) is 1.66. The zero-order chi connectivity index (χ0) is 13.7. The van der Waals surface area contributed by atoms with Gasteiger partial charge in [0.1, 0.15) is 11.6 Å². The first kappa shape index (κ1) is 13.5. The molecule has 0 unspecified atom stereocenters. The molecular weight excluding hydrogens is 263 g/mol. The largest absolute Gasteiger partial charge is 0.467 e. The molecule has 0 fully saturated rings. The van der Waals surface area contributed by atoms with Crippen LogP contribution in [0.25, 0.3) is 0 Å². The highest BCUT2D eigenvalue weighted by atomic mass is 32.1. The van der Waals surface area contributed by atoms with E-state index in [1.165, 1.54) is 12.1 Å². The van der Waals surface area contributed by atoms with Gasteiger partial charge < -0.3 is 15.1 Å². The van der Waals surface area contributed by atoms with E-state index in [0.717, 1.165) is 11.3 Å². The van der Waals surface area contributed by atoms with Crippen LogP contribution in [0.4, 0.5) is 4.39 Å². The van der Waals surface area contributed by atoms with E-state index in [0.29, 0.717) is 11.7 Å². The number of halogens is 1. The Hall–Kier alpha value is -1.88. The lowest BCUT2D eigenvalue weighted by atomic mass is 10.1. The van der Waals surface area contributed by atoms with Crippen LogP contribution < -0.4 is 10.6 Å². The predicted molar refractivity (Wildman–Crippen MR) is 76.1 cm³/mol. The van der Waals surface area contributed by atoms with Gasteiger partial charge in [0, 0.05) is 0 Å². The van der Waals surface area contributed by atoms with E-state index >= 15 is 0 Å². The molecule has 1 aromatic carbocycles. The summed E-state index contributed by atoms with van der Waals surface area (Å²) < 4.78 is 18.0. The number of hydrogen-bond acceptors (Lipinski definition) is 2. The smallest absolute Gasteiger partial charge is 0.167 e. The summed E-state index contributed by atoms with van der Waals surface area (Å²) in [5.41, 5.74) is 0.976. The Kier molecular flexibility index (Phi) is 4.52. The van der Waals surface area contributed by atoms with Gasteiger partial charge in [-0.05, 0) is 49.0 Å². The summed E-state index contributed by atoms with van der Waals surface area (Å²) in [7, 11) is 0. The second kappa shape index (κ2) is 6.33. The number of rotatable bonds is 4. The monoisotopic (exact) mass is 278 g/mol. The average Bonchev–Trinajstić information content (AvgIpc) is 2.90. The molecule has 0 radical (unpaired) electrons. The van der Waals surface area contributed by atoms with Crippen molar-refractivity contribution in [2.45, 2.75) is 19.5 Å². The fourth-order valence-corrected chi connectivity index (χ4v) is 1.91. The van der Waals surface area contributed by atoms with Crippen molar-refractivity contribution in [3.63, 3.8) is 0 Å². The third-order valence-electron chi connectivity index (χ3n) is 2.72. The van der Waals surface area contributed by atoms with E-state index in [9.17, 15) is 4.39 Å². The van der Waals surface area contributed by atoms with Crippen LogP contribution in [0.15, 0.2) is 47.1 Å². The van der Waals surface area contributed by atoms with E-state index in [1.54, 1.807) is 18.4 Å². The molecule has 0 amide bonds. The Labute approximate surface area is 116 Å². The summed E-state index contributed by atoms with van der Waals surface area (Å²) >= 11 is 5.19. The molecule has 0 saturated carbocycles. The fraction of sp³-hybridized carbons (Fsp3) is 0.214. The van der Waals surface area contributed by atoms with Gasteiger partial charge in [-0.1, -0.05) is 12.1 Å². The lowest BCUT2D eigenvalue weighted by molar-refractivity contribution is 0.501. The molecule has 5 heteroatoms. The Morgan fingerprint density at radius 1 is 1.32 bits per heavy atom. The van der Waals surface area contributed by atoms with E-state index in [4.69, 9.17) is 16.6 Å². The first-order valence-electron chi connectivity index (χ1n) is 5.97. The Balaban J connectivity index is 1.83. The first-order chi connectivity index (χ1) is 9.15. The highest BCUT2D eigenvalue weighted by Gasteiger charge is 2.07. The molecule has 100 valence electrons. The molecule has 19 heavy (non-hydrogen) atoms. The van der Waals surface area contributed by atoms with Gasteiger partial charge in [-0.25, -0.2) is 4.39 Å². The second-order valence-electron chi connectivity index (χ2n) is 4.18. The Morgan fingerprint density at radius 3 is 2.68 bits per heavy atom. The maximum atomic E-state index is 12.8. The molecule has 0 aliphatic heterocycles. The van der Waals surface area contributed by atoms with Gasteiger partial charge >= 0.3 is 0 Å². The summed E-state index contributed by atoms with van der Waals surface area (Å²) in [4.78, 5) is 0. The van der Waals surface area contributed by atoms with Crippen molar-refractivity contribution >= 4 is 17.3 Å². The van der Waals surface area contributed by atoms with Crippen molar-refractivity contribution in [3.05, 3.63) is 59.8 Å². The molecule has 0 spiro atoms. The van der Waals surface area contributed by atoms with Crippen LogP contribution in [-0.4, -0.2) is 5.11 Å². The molecule has 0 aliphatic rings. The lowest BCUT2D eigenvalue weighted by Gasteiger charge is -2.17. The second-order valence-corrected chi connectivity index (χ2v) is 4.59. The highest BCUT2D eigenvalue weighted by Crippen LogP contribution is 2.12. The van der Waals surface area contributed by atoms with E-state index < -0.39 is 0 Å². The molecule has 1 atom stereocenters. The molecule has 2 aromatic rings. The third kappa shape index (κ3) is 4.06. The average molecular weight is 278 g/mol. The van der Waals surface area contributed by atoms with Crippen molar-refractivity contribution in [1.29, 1.82) is 0 Å². The van der Waals surface area contributed by atoms with E-state index in [2.05, 4.69) is 10.6 Å². The van der Waals surface area contributed by atoms with Gasteiger partial charge in [-0.3, -0.25) is 0 Å². The first-order valence-corrected chi connectivity index (χ1v) is 6.38.